The van der Waals surface area contributed by atoms with E-state index in [2.05, 4.69) is 9.71 Å². The molecule has 1 heterocycles. The van der Waals surface area contributed by atoms with Gasteiger partial charge in [0.25, 0.3) is 15.9 Å². The van der Waals surface area contributed by atoms with Crippen LogP contribution < -0.4 is 5.32 Å². The van der Waals surface area contributed by atoms with E-state index in [0.29, 0.717) is 10.9 Å². The molecule has 3 aromatic carbocycles. The molecule has 1 saturated heterocycles. The second kappa shape index (κ2) is 7.14. The van der Waals surface area contributed by atoms with Crippen LogP contribution in [0, 0.1) is 0 Å². The van der Waals surface area contributed by atoms with E-state index in [1.807, 2.05) is 18.2 Å². The smallest absolute Gasteiger partial charge is 0.285 e. The number of fused-ring (bicyclic) bond motifs is 1. The highest BCUT2D eigenvalue weighted by atomic mass is 32.2. The second-order valence-electron chi connectivity index (χ2n) is 6.01. The number of amidine groups is 1. The first kappa shape index (κ1) is 18.3. The van der Waals surface area contributed by atoms with Crippen LogP contribution in [0.15, 0.2) is 80.9 Å². The lowest BCUT2D eigenvalue weighted by Gasteiger charge is -2.04. The van der Waals surface area contributed by atoms with Gasteiger partial charge in [0.1, 0.15) is 5.75 Å². The predicted molar refractivity (Wildman–Crippen MR) is 110 cm³/mol. The first-order valence-electron chi connectivity index (χ1n) is 8.25. The van der Waals surface area contributed by atoms with E-state index in [4.69, 9.17) is 0 Å². The van der Waals surface area contributed by atoms with Crippen molar-refractivity contribution in [2.45, 2.75) is 4.90 Å². The first-order chi connectivity index (χ1) is 13.4. The van der Waals surface area contributed by atoms with Crippen LogP contribution in [0.1, 0.15) is 5.56 Å². The van der Waals surface area contributed by atoms with Gasteiger partial charge in [-0.25, -0.2) is 0 Å². The Hall–Kier alpha value is -3.10. The van der Waals surface area contributed by atoms with Crippen molar-refractivity contribution < 1.29 is 18.3 Å². The molecule has 1 aliphatic rings. The van der Waals surface area contributed by atoms with Crippen LogP contribution >= 0.6 is 11.8 Å². The predicted octanol–water partition coefficient (Wildman–Crippen LogP) is 3.49. The van der Waals surface area contributed by atoms with Crippen LogP contribution in [0.3, 0.4) is 0 Å². The second-order valence-corrected chi connectivity index (χ2v) is 8.61. The number of sulfonamides is 1. The molecule has 1 amide bonds. The third-order valence-electron chi connectivity index (χ3n) is 4.05. The van der Waals surface area contributed by atoms with Gasteiger partial charge in [-0.15, -0.1) is 4.40 Å². The molecule has 0 bridgehead atoms. The number of hydrogen-bond acceptors (Lipinski definition) is 5. The number of thioether (sulfide) groups is 1. The number of phenols is 1. The summed E-state index contributed by atoms with van der Waals surface area (Å²) < 4.78 is 29.4. The van der Waals surface area contributed by atoms with Gasteiger partial charge in [-0.2, -0.15) is 8.42 Å². The zero-order valence-electron chi connectivity index (χ0n) is 14.4. The highest BCUT2D eigenvalue weighted by Gasteiger charge is 2.27. The summed E-state index contributed by atoms with van der Waals surface area (Å²) in [5.41, 5.74) is 0.621. The molecule has 6 nitrogen and oxygen atoms in total. The third-order valence-corrected chi connectivity index (χ3v) is 6.41. The van der Waals surface area contributed by atoms with Crippen LogP contribution in [0.2, 0.25) is 0 Å². The molecule has 140 valence electrons. The molecular formula is C20H14N2O4S2. The van der Waals surface area contributed by atoms with E-state index in [-0.39, 0.29) is 20.7 Å². The fourth-order valence-corrected chi connectivity index (χ4v) is 5.03. The molecule has 0 spiro atoms. The van der Waals surface area contributed by atoms with E-state index >= 15 is 0 Å². The Labute approximate surface area is 165 Å². The van der Waals surface area contributed by atoms with Crippen molar-refractivity contribution in [3.05, 3.63) is 77.2 Å². The number of aromatic hydroxyl groups is 1. The van der Waals surface area contributed by atoms with Crippen molar-refractivity contribution in [2.75, 3.05) is 0 Å². The van der Waals surface area contributed by atoms with Gasteiger partial charge in [0.05, 0.1) is 9.80 Å². The van der Waals surface area contributed by atoms with E-state index in [9.17, 15) is 18.3 Å². The molecule has 8 heteroatoms. The van der Waals surface area contributed by atoms with Crippen molar-refractivity contribution in [2.24, 2.45) is 4.40 Å². The highest BCUT2D eigenvalue weighted by molar-refractivity contribution is 8.19. The van der Waals surface area contributed by atoms with E-state index < -0.39 is 15.9 Å². The van der Waals surface area contributed by atoms with Crippen LogP contribution in [0.5, 0.6) is 5.75 Å². The molecule has 2 N–H and O–H groups in total. The minimum atomic E-state index is -4.01. The monoisotopic (exact) mass is 410 g/mol. The van der Waals surface area contributed by atoms with E-state index in [1.165, 1.54) is 18.2 Å². The molecule has 0 unspecified atom stereocenters. The van der Waals surface area contributed by atoms with Gasteiger partial charge in [-0.05, 0) is 47.0 Å². The van der Waals surface area contributed by atoms with Gasteiger partial charge < -0.3 is 5.11 Å². The molecule has 0 aromatic heterocycles. The van der Waals surface area contributed by atoms with Gasteiger partial charge in [-0.3, -0.25) is 10.1 Å². The number of benzene rings is 3. The highest BCUT2D eigenvalue weighted by Crippen LogP contribution is 2.30. The summed E-state index contributed by atoms with van der Waals surface area (Å²) >= 11 is 0.936. The summed E-state index contributed by atoms with van der Waals surface area (Å²) in [6.07, 6.45) is 1.56. The van der Waals surface area contributed by atoms with Crippen molar-refractivity contribution in [3.63, 3.8) is 0 Å². The minimum absolute atomic E-state index is 0.00987. The Balaban J connectivity index is 1.68. The lowest BCUT2D eigenvalue weighted by Crippen LogP contribution is -2.20. The van der Waals surface area contributed by atoms with Crippen LogP contribution in [0.4, 0.5) is 0 Å². The van der Waals surface area contributed by atoms with Gasteiger partial charge in [0.15, 0.2) is 5.17 Å². The molecule has 3 aromatic rings. The molecule has 28 heavy (non-hydrogen) atoms. The Morgan fingerprint density at radius 3 is 2.57 bits per heavy atom. The average molecular weight is 410 g/mol. The molecule has 1 fully saturated rings. The van der Waals surface area contributed by atoms with Gasteiger partial charge in [-0.1, -0.05) is 48.5 Å². The van der Waals surface area contributed by atoms with Crippen molar-refractivity contribution in [1.29, 1.82) is 0 Å². The first-order valence-corrected chi connectivity index (χ1v) is 10.5. The van der Waals surface area contributed by atoms with Gasteiger partial charge >= 0.3 is 0 Å². The van der Waals surface area contributed by atoms with Crippen LogP contribution in [0.25, 0.3) is 16.8 Å². The molecule has 1 aliphatic heterocycles. The van der Waals surface area contributed by atoms with Gasteiger partial charge in [0, 0.05) is 5.39 Å². The Bertz CT molecular complexity index is 1260. The largest absolute Gasteiger partial charge is 0.508 e. The fourth-order valence-electron chi connectivity index (χ4n) is 2.82. The fraction of sp³-hybridized carbons (Fsp3) is 0. The normalized spacial score (nSPS) is 17.4. The van der Waals surface area contributed by atoms with Crippen molar-refractivity contribution in [1.82, 2.24) is 5.32 Å². The summed E-state index contributed by atoms with van der Waals surface area (Å²) in [7, 11) is -4.01. The minimum Gasteiger partial charge on any atom is -0.508 e. The average Bonchev–Trinajstić information content (AvgIpc) is 2.99. The summed E-state index contributed by atoms with van der Waals surface area (Å²) in [6.45, 7) is 0. The Kier molecular flexibility index (Phi) is 4.66. The van der Waals surface area contributed by atoms with Crippen molar-refractivity contribution >= 4 is 49.7 Å². The summed E-state index contributed by atoms with van der Waals surface area (Å²) in [4.78, 5) is 12.5. The SMILES string of the molecule is O=C1N/C(=N\S(=O)(=O)c2cccc3ccccc23)SC1=Cc1cccc(O)c1. The van der Waals surface area contributed by atoms with Gasteiger partial charge in [0.2, 0.25) is 0 Å². The summed E-state index contributed by atoms with van der Waals surface area (Å²) in [5.74, 6) is -0.370. The maximum absolute atomic E-state index is 12.8. The quantitative estimate of drug-likeness (QED) is 0.645. The maximum Gasteiger partial charge on any atom is 0.285 e. The van der Waals surface area contributed by atoms with E-state index in [1.54, 1.807) is 36.4 Å². The number of amides is 1. The zero-order valence-corrected chi connectivity index (χ0v) is 16.0. The standard InChI is InChI=1S/C20H14N2O4S2/c23-15-8-3-5-13(11-15)12-17-19(24)21-20(27-17)22-28(25,26)18-10-4-7-14-6-1-2-9-16(14)18/h1-12,23H,(H,21,22,24). The number of rotatable bonds is 3. The number of carbonyl (C=O) groups is 1. The molecule has 4 rings (SSSR count). The molecule has 0 aliphatic carbocycles. The lowest BCUT2D eigenvalue weighted by atomic mass is 10.1. The zero-order chi connectivity index (χ0) is 19.7. The third kappa shape index (κ3) is 3.64. The molecule has 0 radical (unpaired) electrons. The lowest BCUT2D eigenvalue weighted by molar-refractivity contribution is -0.115. The number of nitrogens with one attached hydrogen (secondary N) is 1. The maximum atomic E-state index is 12.8. The number of carbonyl (C=O) groups excluding carboxylic acids is 1. The summed E-state index contributed by atoms with van der Waals surface area (Å²) in [6, 6.07) is 18.5. The Morgan fingerprint density at radius 2 is 1.75 bits per heavy atom. The topological polar surface area (TPSA) is 95.8 Å². The number of phenolic OH excluding ortho intramolecular Hbond substituents is 1. The number of hydrogen-bond donors (Lipinski definition) is 2. The van der Waals surface area contributed by atoms with Crippen LogP contribution in [-0.2, 0) is 14.8 Å². The summed E-state index contributed by atoms with van der Waals surface area (Å²) in [5, 5.41) is 13.4. The van der Waals surface area contributed by atoms with Crippen LogP contribution in [-0.4, -0.2) is 24.6 Å². The molecule has 0 atom stereocenters. The number of nitrogens with zero attached hydrogens (tertiary/aromatic N) is 1. The van der Waals surface area contributed by atoms with Crippen molar-refractivity contribution in [3.8, 4) is 5.75 Å². The molecular weight excluding hydrogens is 396 g/mol. The molecule has 0 saturated carbocycles. The van der Waals surface area contributed by atoms with E-state index in [0.717, 1.165) is 17.1 Å². The Morgan fingerprint density at radius 1 is 1.00 bits per heavy atom.